The lowest BCUT2D eigenvalue weighted by atomic mass is 10.0. The van der Waals surface area contributed by atoms with Crippen molar-refractivity contribution in [1.82, 2.24) is 4.57 Å². The molecule has 0 fully saturated rings. The van der Waals surface area contributed by atoms with E-state index in [0.29, 0.717) is 27.7 Å². The van der Waals surface area contributed by atoms with Crippen LogP contribution in [0.25, 0.3) is 22.0 Å². The second kappa shape index (κ2) is 8.52. The van der Waals surface area contributed by atoms with Gasteiger partial charge < -0.3 is 15.4 Å². The van der Waals surface area contributed by atoms with Gasteiger partial charge in [0, 0.05) is 35.8 Å². The van der Waals surface area contributed by atoms with E-state index >= 15 is 0 Å². The van der Waals surface area contributed by atoms with Gasteiger partial charge in [-0.1, -0.05) is 12.1 Å². The highest BCUT2D eigenvalue weighted by atomic mass is 32.2. The number of hydrogen-bond donors (Lipinski definition) is 2. The summed E-state index contributed by atoms with van der Waals surface area (Å²) >= 11 is 0. The smallest absolute Gasteiger partial charge is 0.335 e. The van der Waals surface area contributed by atoms with Crippen LogP contribution in [0.15, 0.2) is 54.4 Å². The molecule has 0 aliphatic heterocycles. The Kier molecular flexibility index (Phi) is 6.19. The molecule has 164 valence electrons. The third-order valence-electron chi connectivity index (χ3n) is 5.21. The standard InChI is InChI=1S/C22H24FN3O4S/c1-14-21(15-5-4-6-18(11-15)25(2)31(3,29)30)19-12-16(22(27)28)7-8-20(19)26(14)13-17(23)9-10-24/h4-9,11-12H,10,13,24H2,1-3H3,(H,27,28)/b17-9-. The highest BCUT2D eigenvalue weighted by Crippen LogP contribution is 2.37. The van der Waals surface area contributed by atoms with E-state index in [0.717, 1.165) is 16.3 Å². The molecule has 3 aromatic rings. The van der Waals surface area contributed by atoms with Gasteiger partial charge >= 0.3 is 5.97 Å². The third-order valence-corrected chi connectivity index (χ3v) is 6.42. The van der Waals surface area contributed by atoms with Crippen LogP contribution in [-0.4, -0.2) is 43.9 Å². The van der Waals surface area contributed by atoms with Gasteiger partial charge in [0.1, 0.15) is 5.83 Å². The topological polar surface area (TPSA) is 106 Å². The van der Waals surface area contributed by atoms with Crippen LogP contribution in [0.5, 0.6) is 0 Å². The van der Waals surface area contributed by atoms with Gasteiger partial charge in [0.05, 0.1) is 24.1 Å². The van der Waals surface area contributed by atoms with Crippen LogP contribution in [0.4, 0.5) is 10.1 Å². The van der Waals surface area contributed by atoms with E-state index < -0.39 is 21.8 Å². The average molecular weight is 446 g/mol. The maximum atomic E-state index is 14.3. The van der Waals surface area contributed by atoms with Crippen molar-refractivity contribution in [3.63, 3.8) is 0 Å². The Bertz CT molecular complexity index is 1300. The van der Waals surface area contributed by atoms with Crippen LogP contribution in [0.2, 0.25) is 0 Å². The lowest BCUT2D eigenvalue weighted by Gasteiger charge is -2.17. The Morgan fingerprint density at radius 1 is 1.26 bits per heavy atom. The minimum Gasteiger partial charge on any atom is -0.478 e. The zero-order chi connectivity index (χ0) is 22.9. The number of fused-ring (bicyclic) bond motifs is 1. The largest absolute Gasteiger partial charge is 0.478 e. The van der Waals surface area contributed by atoms with Gasteiger partial charge in [-0.05, 0) is 48.9 Å². The van der Waals surface area contributed by atoms with E-state index in [4.69, 9.17) is 5.73 Å². The Morgan fingerprint density at radius 2 is 1.97 bits per heavy atom. The number of nitrogens with zero attached hydrogens (tertiary/aromatic N) is 2. The first-order chi connectivity index (χ1) is 14.5. The number of carboxylic acid groups (broad SMARTS) is 1. The van der Waals surface area contributed by atoms with Crippen LogP contribution in [0.1, 0.15) is 16.1 Å². The molecule has 0 atom stereocenters. The number of benzene rings is 2. The summed E-state index contributed by atoms with van der Waals surface area (Å²) in [6, 6.07) is 11.6. The number of anilines is 1. The molecule has 0 amide bonds. The second-order valence-corrected chi connectivity index (χ2v) is 9.26. The first-order valence-corrected chi connectivity index (χ1v) is 11.3. The molecule has 1 aromatic heterocycles. The number of nitrogens with two attached hydrogens (primary N) is 1. The summed E-state index contributed by atoms with van der Waals surface area (Å²) in [5.74, 6) is -1.47. The molecule has 2 aromatic carbocycles. The van der Waals surface area contributed by atoms with Crippen molar-refractivity contribution >= 4 is 32.6 Å². The molecule has 0 aliphatic carbocycles. The van der Waals surface area contributed by atoms with Gasteiger partial charge in [-0.3, -0.25) is 4.31 Å². The maximum absolute atomic E-state index is 14.3. The molecular weight excluding hydrogens is 421 g/mol. The summed E-state index contributed by atoms with van der Waals surface area (Å²) in [7, 11) is -2.00. The molecule has 0 radical (unpaired) electrons. The Labute approximate surface area is 180 Å². The molecule has 0 saturated carbocycles. The van der Waals surface area contributed by atoms with E-state index in [1.807, 2.05) is 13.0 Å². The number of aromatic nitrogens is 1. The van der Waals surface area contributed by atoms with Gasteiger partial charge in [0.15, 0.2) is 0 Å². The summed E-state index contributed by atoms with van der Waals surface area (Å²) in [6.45, 7) is 1.84. The van der Waals surface area contributed by atoms with Crippen molar-refractivity contribution < 1.29 is 22.7 Å². The van der Waals surface area contributed by atoms with E-state index in [1.165, 1.54) is 19.2 Å². The molecule has 9 heteroatoms. The van der Waals surface area contributed by atoms with Crippen LogP contribution >= 0.6 is 0 Å². The van der Waals surface area contributed by atoms with Crippen LogP contribution in [0.3, 0.4) is 0 Å². The van der Waals surface area contributed by atoms with Crippen molar-refractivity contribution in [2.75, 3.05) is 24.2 Å². The number of rotatable bonds is 7. The number of sulfonamides is 1. The molecule has 0 saturated heterocycles. The monoisotopic (exact) mass is 445 g/mol. The molecule has 3 N–H and O–H groups in total. The predicted octanol–water partition coefficient (Wildman–Crippen LogP) is 3.52. The molecule has 0 unspecified atom stereocenters. The van der Waals surface area contributed by atoms with E-state index in [2.05, 4.69) is 0 Å². The number of allylic oxidation sites excluding steroid dienone is 1. The molecule has 0 spiro atoms. The summed E-state index contributed by atoms with van der Waals surface area (Å²) in [5.41, 5.74) is 8.78. The SMILES string of the molecule is Cc1c(-c2cccc(N(C)S(C)(=O)=O)c2)c2cc(C(=O)O)ccc2n1C/C(F)=C/CN. The van der Waals surface area contributed by atoms with Gasteiger partial charge in [-0.2, -0.15) is 0 Å². The fourth-order valence-corrected chi connectivity index (χ4v) is 4.07. The number of halogens is 1. The number of hydrogen-bond acceptors (Lipinski definition) is 4. The molecular formula is C22H24FN3O4S. The van der Waals surface area contributed by atoms with E-state index in [1.54, 1.807) is 34.9 Å². The molecule has 1 heterocycles. The highest BCUT2D eigenvalue weighted by molar-refractivity contribution is 7.92. The summed E-state index contributed by atoms with van der Waals surface area (Å²) < 4.78 is 41.2. The molecule has 7 nitrogen and oxygen atoms in total. The normalized spacial score (nSPS) is 12.4. The summed E-state index contributed by atoms with van der Waals surface area (Å²) in [6.07, 6.45) is 2.40. The van der Waals surface area contributed by atoms with E-state index in [9.17, 15) is 22.7 Å². The number of carboxylic acids is 1. The lowest BCUT2D eigenvalue weighted by Crippen LogP contribution is -2.24. The summed E-state index contributed by atoms with van der Waals surface area (Å²) in [5, 5.41) is 10.1. The van der Waals surface area contributed by atoms with Crippen molar-refractivity contribution in [3.05, 3.63) is 65.6 Å². The van der Waals surface area contributed by atoms with Crippen molar-refractivity contribution in [1.29, 1.82) is 0 Å². The number of carbonyl (C=O) groups is 1. The van der Waals surface area contributed by atoms with Crippen molar-refractivity contribution in [3.8, 4) is 11.1 Å². The third kappa shape index (κ3) is 4.47. The van der Waals surface area contributed by atoms with E-state index in [-0.39, 0.29) is 18.7 Å². The zero-order valence-corrected chi connectivity index (χ0v) is 18.3. The van der Waals surface area contributed by atoms with Crippen molar-refractivity contribution in [2.45, 2.75) is 13.5 Å². The maximum Gasteiger partial charge on any atom is 0.335 e. The molecule has 3 rings (SSSR count). The van der Waals surface area contributed by atoms with Gasteiger partial charge in [-0.25, -0.2) is 17.6 Å². The molecule has 0 aliphatic rings. The zero-order valence-electron chi connectivity index (χ0n) is 17.5. The minimum atomic E-state index is -3.46. The fraction of sp³-hybridized carbons (Fsp3) is 0.227. The van der Waals surface area contributed by atoms with Crippen LogP contribution in [0, 0.1) is 6.92 Å². The van der Waals surface area contributed by atoms with Gasteiger partial charge in [-0.15, -0.1) is 0 Å². The Hall–Kier alpha value is -3.17. The quantitative estimate of drug-likeness (QED) is 0.579. The highest BCUT2D eigenvalue weighted by Gasteiger charge is 2.20. The number of aromatic carboxylic acids is 1. The first kappa shape index (κ1) is 22.5. The lowest BCUT2D eigenvalue weighted by molar-refractivity contribution is 0.0697. The molecule has 0 bridgehead atoms. The van der Waals surface area contributed by atoms with Crippen LogP contribution < -0.4 is 10.0 Å². The first-order valence-electron chi connectivity index (χ1n) is 9.49. The van der Waals surface area contributed by atoms with Crippen LogP contribution in [-0.2, 0) is 16.6 Å². The second-order valence-electron chi connectivity index (χ2n) is 7.25. The predicted molar refractivity (Wildman–Crippen MR) is 121 cm³/mol. The molecule has 31 heavy (non-hydrogen) atoms. The van der Waals surface area contributed by atoms with Crippen molar-refractivity contribution in [2.24, 2.45) is 5.73 Å². The fourth-order valence-electron chi connectivity index (χ4n) is 3.58. The Morgan fingerprint density at radius 3 is 2.58 bits per heavy atom. The van der Waals surface area contributed by atoms with Gasteiger partial charge in [0.2, 0.25) is 10.0 Å². The summed E-state index contributed by atoms with van der Waals surface area (Å²) in [4.78, 5) is 11.5. The van der Waals surface area contributed by atoms with Gasteiger partial charge in [0.25, 0.3) is 0 Å². The Balaban J connectivity index is 2.29. The minimum absolute atomic E-state index is 0.0467. The average Bonchev–Trinajstić information content (AvgIpc) is 2.97.